The molecule has 1 saturated carbocycles. The molecule has 0 heterocycles. The molecule has 0 amide bonds. The molecule has 0 aliphatic heterocycles. The molecule has 0 spiro atoms. The summed E-state index contributed by atoms with van der Waals surface area (Å²) in [4.78, 5) is 1.37. The molecule has 0 N–H and O–H groups in total. The van der Waals surface area contributed by atoms with Gasteiger partial charge in [0.2, 0.25) is 0 Å². The minimum Gasteiger partial charge on any atom is -0.211 e. The van der Waals surface area contributed by atoms with Crippen molar-refractivity contribution in [3.05, 3.63) is 10.8 Å². The number of hydrogen-bond acceptors (Lipinski definition) is 0. The molecule has 0 aromatic rings. The van der Waals surface area contributed by atoms with Crippen molar-refractivity contribution < 1.29 is 4.39 Å². The lowest BCUT2D eigenvalue weighted by atomic mass is 10.4. The van der Waals surface area contributed by atoms with Crippen LogP contribution in [0.15, 0.2) is 10.8 Å². The van der Waals surface area contributed by atoms with Crippen LogP contribution in [0.3, 0.4) is 0 Å². The van der Waals surface area contributed by atoms with Crippen molar-refractivity contribution in [3.8, 4) is 0 Å². The predicted octanol–water partition coefficient (Wildman–Crippen LogP) is 2.60. The van der Waals surface area contributed by atoms with Crippen LogP contribution in [0.2, 0.25) is 0 Å². The normalized spacial score (nSPS) is 22.9. The van der Waals surface area contributed by atoms with Crippen LogP contribution in [0.25, 0.3) is 0 Å². The second-order valence-electron chi connectivity index (χ2n) is 1.77. The van der Waals surface area contributed by atoms with Crippen LogP contribution in [-0.2, 0) is 0 Å². The van der Waals surface area contributed by atoms with Gasteiger partial charge in [0.25, 0.3) is 0 Å². The molecule has 0 aromatic carbocycles. The molecular weight excluding hydrogens is 159 g/mol. The van der Waals surface area contributed by atoms with Crippen molar-refractivity contribution in [1.82, 2.24) is 0 Å². The first-order valence-electron chi connectivity index (χ1n) is 2.30. The van der Waals surface area contributed by atoms with Gasteiger partial charge in [-0.3, -0.25) is 0 Å². The van der Waals surface area contributed by atoms with E-state index in [1.54, 1.807) is 0 Å². The molecule has 1 fully saturated rings. The van der Waals surface area contributed by atoms with Gasteiger partial charge in [0.15, 0.2) is 0 Å². The second kappa shape index (κ2) is 1.95. The highest BCUT2D eigenvalue weighted by Gasteiger charge is 2.25. The van der Waals surface area contributed by atoms with Crippen LogP contribution in [-0.4, -0.2) is 0 Å². The highest BCUT2D eigenvalue weighted by molar-refractivity contribution is 9.11. The Labute approximate surface area is 50.5 Å². The zero-order valence-corrected chi connectivity index (χ0v) is 5.41. The van der Waals surface area contributed by atoms with Crippen LogP contribution in [0, 0.1) is 5.92 Å². The zero-order chi connectivity index (χ0) is 5.28. The average Bonchev–Trinajstić information content (AvgIpc) is 2.44. The minimum atomic E-state index is 0.000000000000000222. The Kier molecular flexibility index (Phi) is 1.47. The Morgan fingerprint density at radius 3 is 2.43 bits per heavy atom. The summed E-state index contributed by atoms with van der Waals surface area (Å²) in [6, 6.07) is 0. The van der Waals surface area contributed by atoms with E-state index in [2.05, 4.69) is 15.9 Å². The topological polar surface area (TPSA) is 0 Å². The summed E-state index contributed by atoms with van der Waals surface area (Å²) in [5, 5.41) is 0. The van der Waals surface area contributed by atoms with E-state index in [-0.39, 0.29) is 11.7 Å². The van der Waals surface area contributed by atoms with Crippen LogP contribution >= 0.6 is 15.9 Å². The van der Waals surface area contributed by atoms with Gasteiger partial charge in [0.1, 0.15) is 5.83 Å². The molecule has 0 bridgehead atoms. The number of hydrogen-bond donors (Lipinski definition) is 0. The average molecular weight is 165 g/mol. The molecule has 0 radical (unpaired) electrons. The van der Waals surface area contributed by atoms with Crippen molar-refractivity contribution in [1.29, 1.82) is 0 Å². The summed E-state index contributed by atoms with van der Waals surface area (Å²) in [7, 11) is 0. The lowest BCUT2D eigenvalue weighted by molar-refractivity contribution is 0.582. The molecule has 0 nitrogen and oxygen atoms in total. The van der Waals surface area contributed by atoms with Gasteiger partial charge in [-0.05, 0) is 12.8 Å². The van der Waals surface area contributed by atoms with Gasteiger partial charge in [-0.2, -0.15) is 0 Å². The molecule has 1 aliphatic carbocycles. The summed E-state index contributed by atoms with van der Waals surface area (Å²) in [6.45, 7) is 0. The molecule has 0 atom stereocenters. The standard InChI is InChI=1S/C5H6BrF/c6-3-5(7)4-1-2-4/h3-4H,1-2H2/b5-3-. The van der Waals surface area contributed by atoms with Crippen LogP contribution in [0.4, 0.5) is 4.39 Å². The van der Waals surface area contributed by atoms with E-state index in [0.717, 1.165) is 12.8 Å². The lowest BCUT2D eigenvalue weighted by Crippen LogP contribution is -1.69. The molecule has 0 saturated heterocycles. The summed E-state index contributed by atoms with van der Waals surface area (Å²) >= 11 is 2.92. The molecule has 0 unspecified atom stereocenters. The fourth-order valence-corrected chi connectivity index (χ4v) is 0.822. The molecule has 40 valence electrons. The van der Waals surface area contributed by atoms with Gasteiger partial charge in [0, 0.05) is 10.9 Å². The fraction of sp³-hybridized carbons (Fsp3) is 0.600. The largest absolute Gasteiger partial charge is 0.211 e. The number of rotatable bonds is 1. The fourth-order valence-electron chi connectivity index (χ4n) is 0.448. The molecule has 0 aromatic heterocycles. The quantitative estimate of drug-likeness (QED) is 0.560. The van der Waals surface area contributed by atoms with E-state index in [1.807, 2.05) is 0 Å². The third-order valence-electron chi connectivity index (χ3n) is 1.07. The number of halogens is 2. The smallest absolute Gasteiger partial charge is 0.110 e. The third-order valence-corrected chi connectivity index (χ3v) is 1.51. The van der Waals surface area contributed by atoms with Crippen LogP contribution in [0.1, 0.15) is 12.8 Å². The predicted molar refractivity (Wildman–Crippen MR) is 30.8 cm³/mol. The van der Waals surface area contributed by atoms with E-state index >= 15 is 0 Å². The zero-order valence-electron chi connectivity index (χ0n) is 3.82. The third kappa shape index (κ3) is 1.27. The Bertz CT molecular complexity index is 94.3. The van der Waals surface area contributed by atoms with Crippen LogP contribution in [0.5, 0.6) is 0 Å². The maximum absolute atomic E-state index is 12.1. The molecule has 1 aliphatic rings. The van der Waals surface area contributed by atoms with Gasteiger partial charge in [-0.1, -0.05) is 15.9 Å². The van der Waals surface area contributed by atoms with Crippen molar-refractivity contribution in [2.75, 3.05) is 0 Å². The Morgan fingerprint density at radius 1 is 1.71 bits per heavy atom. The summed E-state index contributed by atoms with van der Waals surface area (Å²) in [5.41, 5.74) is 0. The second-order valence-corrected chi connectivity index (χ2v) is 2.23. The van der Waals surface area contributed by atoms with E-state index in [0.29, 0.717) is 0 Å². The van der Waals surface area contributed by atoms with Gasteiger partial charge >= 0.3 is 0 Å². The van der Waals surface area contributed by atoms with E-state index in [1.165, 1.54) is 4.99 Å². The minimum absolute atomic E-state index is 0.000000000000000222. The molecule has 1 rings (SSSR count). The first kappa shape index (κ1) is 5.29. The maximum Gasteiger partial charge on any atom is 0.110 e. The van der Waals surface area contributed by atoms with Crippen LogP contribution < -0.4 is 0 Å². The molecule has 7 heavy (non-hydrogen) atoms. The lowest BCUT2D eigenvalue weighted by Gasteiger charge is -1.81. The Hall–Kier alpha value is 0.150. The summed E-state index contributed by atoms with van der Waals surface area (Å²) in [6.07, 6.45) is 2.07. The van der Waals surface area contributed by atoms with Gasteiger partial charge in [-0.25, -0.2) is 4.39 Å². The van der Waals surface area contributed by atoms with Crippen molar-refractivity contribution in [2.45, 2.75) is 12.8 Å². The van der Waals surface area contributed by atoms with Crippen molar-refractivity contribution in [2.24, 2.45) is 5.92 Å². The monoisotopic (exact) mass is 164 g/mol. The van der Waals surface area contributed by atoms with Gasteiger partial charge < -0.3 is 0 Å². The molecule has 2 heteroatoms. The summed E-state index contributed by atoms with van der Waals surface area (Å²) < 4.78 is 12.1. The van der Waals surface area contributed by atoms with E-state index in [9.17, 15) is 4.39 Å². The highest BCUT2D eigenvalue weighted by atomic mass is 79.9. The Morgan fingerprint density at radius 2 is 2.29 bits per heavy atom. The molecular formula is C5H6BrF. The van der Waals surface area contributed by atoms with Gasteiger partial charge in [0.05, 0.1) is 0 Å². The van der Waals surface area contributed by atoms with E-state index < -0.39 is 0 Å². The highest BCUT2D eigenvalue weighted by Crippen LogP contribution is 2.37. The number of allylic oxidation sites excluding steroid dienone is 1. The van der Waals surface area contributed by atoms with Crippen molar-refractivity contribution >= 4 is 15.9 Å². The van der Waals surface area contributed by atoms with Crippen molar-refractivity contribution in [3.63, 3.8) is 0 Å². The maximum atomic E-state index is 12.1. The SMILES string of the molecule is F/C(=C\Br)C1CC1. The first-order valence-corrected chi connectivity index (χ1v) is 3.22. The summed E-state index contributed by atoms with van der Waals surface area (Å²) in [5.74, 6) is 0.263. The van der Waals surface area contributed by atoms with Gasteiger partial charge in [-0.15, -0.1) is 0 Å². The van der Waals surface area contributed by atoms with E-state index in [4.69, 9.17) is 0 Å². The first-order chi connectivity index (χ1) is 3.34. The Balaban J connectivity index is 2.37.